The van der Waals surface area contributed by atoms with Crippen LogP contribution in [-0.2, 0) is 0 Å². The Bertz CT molecular complexity index is 1020. The smallest absolute Gasteiger partial charge is 0.161 e. The van der Waals surface area contributed by atoms with Crippen LogP contribution < -0.4 is 9.47 Å². The fourth-order valence-corrected chi connectivity index (χ4v) is 3.26. The Morgan fingerprint density at radius 2 is 1.85 bits per heavy atom. The Balaban J connectivity index is 2.12. The lowest BCUT2D eigenvalue weighted by Crippen LogP contribution is -1.93. The number of ether oxygens (including phenoxy) is 2. The standard InChI is InChI=1S/C21H18N2O2S/c1-24-19-9-8-14(12-20(19)25-2)17(13-22)11-16-10-15-6-4-5-7-18(15)23-21(16)26-3/h4-12H,1-3H3. The van der Waals surface area contributed by atoms with Gasteiger partial charge in [-0.05, 0) is 48.2 Å². The van der Waals surface area contributed by atoms with Gasteiger partial charge in [-0.3, -0.25) is 0 Å². The van der Waals surface area contributed by atoms with Gasteiger partial charge in [-0.2, -0.15) is 5.26 Å². The molecule has 3 aromatic rings. The molecule has 1 heterocycles. The van der Waals surface area contributed by atoms with Crippen LogP contribution in [0.2, 0.25) is 0 Å². The molecule has 0 radical (unpaired) electrons. The second kappa shape index (κ2) is 7.94. The molecule has 0 N–H and O–H groups in total. The average molecular weight is 362 g/mol. The number of thioether (sulfide) groups is 1. The molecule has 0 aliphatic rings. The molecule has 0 saturated heterocycles. The van der Waals surface area contributed by atoms with E-state index in [0.717, 1.165) is 27.1 Å². The van der Waals surface area contributed by atoms with Crippen molar-refractivity contribution in [3.8, 4) is 17.6 Å². The Morgan fingerprint density at radius 1 is 1.08 bits per heavy atom. The Labute approximate surface area is 157 Å². The number of pyridine rings is 1. The summed E-state index contributed by atoms with van der Waals surface area (Å²) >= 11 is 1.56. The zero-order valence-corrected chi connectivity index (χ0v) is 15.6. The summed E-state index contributed by atoms with van der Waals surface area (Å²) in [4.78, 5) is 4.70. The zero-order valence-electron chi connectivity index (χ0n) is 14.8. The highest BCUT2D eigenvalue weighted by molar-refractivity contribution is 7.98. The number of allylic oxidation sites excluding steroid dienone is 1. The van der Waals surface area contributed by atoms with Crippen LogP contribution in [0.25, 0.3) is 22.6 Å². The molecule has 0 amide bonds. The molecule has 0 unspecified atom stereocenters. The number of rotatable bonds is 5. The van der Waals surface area contributed by atoms with Gasteiger partial charge in [0, 0.05) is 10.9 Å². The lowest BCUT2D eigenvalue weighted by atomic mass is 10.0. The second-order valence-corrected chi connectivity index (χ2v) is 6.31. The van der Waals surface area contributed by atoms with Crippen molar-refractivity contribution in [3.63, 3.8) is 0 Å². The average Bonchev–Trinajstić information content (AvgIpc) is 2.70. The van der Waals surface area contributed by atoms with Gasteiger partial charge in [-0.25, -0.2) is 4.98 Å². The first-order chi connectivity index (χ1) is 12.7. The summed E-state index contributed by atoms with van der Waals surface area (Å²) in [7, 11) is 3.17. The van der Waals surface area contributed by atoms with Gasteiger partial charge >= 0.3 is 0 Å². The van der Waals surface area contributed by atoms with Crippen molar-refractivity contribution in [2.75, 3.05) is 20.5 Å². The van der Waals surface area contributed by atoms with E-state index in [1.54, 1.807) is 38.1 Å². The van der Waals surface area contributed by atoms with E-state index in [1.807, 2.05) is 42.7 Å². The van der Waals surface area contributed by atoms with Gasteiger partial charge in [0.15, 0.2) is 11.5 Å². The lowest BCUT2D eigenvalue weighted by molar-refractivity contribution is 0.355. The van der Waals surface area contributed by atoms with E-state index in [0.29, 0.717) is 17.1 Å². The van der Waals surface area contributed by atoms with Crippen LogP contribution in [0.4, 0.5) is 0 Å². The molecule has 0 aliphatic heterocycles. The zero-order chi connectivity index (χ0) is 18.5. The summed E-state index contributed by atoms with van der Waals surface area (Å²) in [6, 6.07) is 17.8. The predicted octanol–water partition coefficient (Wildman–Crippen LogP) is 5.04. The first kappa shape index (κ1) is 17.8. The molecule has 0 aliphatic carbocycles. The van der Waals surface area contributed by atoms with E-state index >= 15 is 0 Å². The fraction of sp³-hybridized carbons (Fsp3) is 0.143. The largest absolute Gasteiger partial charge is 0.493 e. The minimum absolute atomic E-state index is 0.540. The Morgan fingerprint density at radius 3 is 2.54 bits per heavy atom. The quantitative estimate of drug-likeness (QED) is 0.470. The number of aromatic nitrogens is 1. The first-order valence-corrected chi connectivity index (χ1v) is 9.20. The normalized spacial score (nSPS) is 11.2. The second-order valence-electron chi connectivity index (χ2n) is 5.52. The van der Waals surface area contributed by atoms with Crippen molar-refractivity contribution >= 4 is 34.3 Å². The molecular formula is C21H18N2O2S. The highest BCUT2D eigenvalue weighted by atomic mass is 32.2. The third-order valence-corrected chi connectivity index (χ3v) is 4.74. The van der Waals surface area contributed by atoms with E-state index in [9.17, 15) is 5.26 Å². The number of para-hydroxylation sites is 1. The summed E-state index contributed by atoms with van der Waals surface area (Å²) in [6.45, 7) is 0. The van der Waals surface area contributed by atoms with Gasteiger partial charge in [0.1, 0.15) is 5.03 Å². The molecule has 26 heavy (non-hydrogen) atoms. The maximum absolute atomic E-state index is 9.69. The number of fused-ring (bicyclic) bond motifs is 1. The summed E-state index contributed by atoms with van der Waals surface area (Å²) in [5.74, 6) is 1.22. The molecule has 2 aromatic carbocycles. The van der Waals surface area contributed by atoms with Gasteiger partial charge in [0.25, 0.3) is 0 Å². The molecule has 5 heteroatoms. The highest BCUT2D eigenvalue weighted by Gasteiger charge is 2.10. The SMILES string of the molecule is COc1ccc(C(C#N)=Cc2cc3ccccc3nc2SC)cc1OC. The summed E-state index contributed by atoms with van der Waals surface area (Å²) < 4.78 is 10.6. The number of benzene rings is 2. The number of nitrogens with zero attached hydrogens (tertiary/aromatic N) is 2. The van der Waals surface area contributed by atoms with Crippen LogP contribution in [0.3, 0.4) is 0 Å². The van der Waals surface area contributed by atoms with Gasteiger partial charge in [0.05, 0.1) is 31.4 Å². The molecule has 1 aromatic heterocycles. The van der Waals surface area contributed by atoms with Crippen LogP contribution in [0.15, 0.2) is 53.6 Å². The monoisotopic (exact) mass is 362 g/mol. The predicted molar refractivity (Wildman–Crippen MR) is 107 cm³/mol. The van der Waals surface area contributed by atoms with Crippen LogP contribution in [0.1, 0.15) is 11.1 Å². The van der Waals surface area contributed by atoms with Gasteiger partial charge in [-0.1, -0.05) is 18.2 Å². The van der Waals surface area contributed by atoms with Crippen molar-refractivity contribution < 1.29 is 9.47 Å². The molecule has 0 atom stereocenters. The minimum atomic E-state index is 0.540. The fourth-order valence-electron chi connectivity index (χ4n) is 2.72. The van der Waals surface area contributed by atoms with Crippen molar-refractivity contribution in [1.29, 1.82) is 5.26 Å². The first-order valence-electron chi connectivity index (χ1n) is 7.98. The van der Waals surface area contributed by atoms with E-state index in [1.165, 1.54) is 0 Å². The van der Waals surface area contributed by atoms with Crippen molar-refractivity contribution in [2.45, 2.75) is 5.03 Å². The van der Waals surface area contributed by atoms with Crippen LogP contribution >= 0.6 is 11.8 Å². The number of methoxy groups -OCH3 is 2. The summed E-state index contributed by atoms with van der Waals surface area (Å²) in [5.41, 5.74) is 3.17. The van der Waals surface area contributed by atoms with E-state index in [-0.39, 0.29) is 0 Å². The van der Waals surface area contributed by atoms with Crippen molar-refractivity contribution in [3.05, 3.63) is 59.7 Å². The van der Waals surface area contributed by atoms with Gasteiger partial charge < -0.3 is 9.47 Å². The lowest BCUT2D eigenvalue weighted by Gasteiger charge is -2.10. The summed E-state index contributed by atoms with van der Waals surface area (Å²) in [5, 5.41) is 11.6. The van der Waals surface area contributed by atoms with E-state index in [2.05, 4.69) is 12.1 Å². The number of nitriles is 1. The summed E-state index contributed by atoms with van der Waals surface area (Å²) in [6.07, 6.45) is 3.85. The van der Waals surface area contributed by atoms with Crippen molar-refractivity contribution in [1.82, 2.24) is 4.98 Å². The number of hydrogen-bond donors (Lipinski definition) is 0. The molecule has 0 saturated carbocycles. The van der Waals surface area contributed by atoms with E-state index < -0.39 is 0 Å². The molecule has 0 bridgehead atoms. The maximum Gasteiger partial charge on any atom is 0.161 e. The molecule has 0 spiro atoms. The molecule has 3 rings (SSSR count). The maximum atomic E-state index is 9.69. The Hall–Kier alpha value is -2.97. The molecule has 130 valence electrons. The highest BCUT2D eigenvalue weighted by Crippen LogP contribution is 2.32. The third kappa shape index (κ3) is 3.51. The minimum Gasteiger partial charge on any atom is -0.493 e. The Kier molecular flexibility index (Phi) is 5.45. The van der Waals surface area contributed by atoms with Gasteiger partial charge in [-0.15, -0.1) is 11.8 Å². The topological polar surface area (TPSA) is 55.1 Å². The van der Waals surface area contributed by atoms with Gasteiger partial charge in [0.2, 0.25) is 0 Å². The van der Waals surface area contributed by atoms with Crippen LogP contribution in [0.5, 0.6) is 11.5 Å². The van der Waals surface area contributed by atoms with E-state index in [4.69, 9.17) is 14.5 Å². The third-order valence-electron chi connectivity index (χ3n) is 4.02. The van der Waals surface area contributed by atoms with Crippen LogP contribution in [0, 0.1) is 11.3 Å². The van der Waals surface area contributed by atoms with Crippen molar-refractivity contribution in [2.24, 2.45) is 0 Å². The molecular weight excluding hydrogens is 344 g/mol. The number of hydrogen-bond acceptors (Lipinski definition) is 5. The molecule has 4 nitrogen and oxygen atoms in total. The van der Waals surface area contributed by atoms with Crippen LogP contribution in [-0.4, -0.2) is 25.5 Å². The molecule has 0 fully saturated rings.